The molecule has 9 heteroatoms. The molecule has 3 aromatic carbocycles. The second kappa shape index (κ2) is 10.1. The Bertz CT molecular complexity index is 1340. The number of ether oxygens (including phenoxy) is 7. The van der Waals surface area contributed by atoms with Crippen LogP contribution in [0, 0.1) is 0 Å². The molecular weight excluding hydrogens is 532 g/mol. The van der Waals surface area contributed by atoms with E-state index in [1.54, 1.807) is 36.4 Å². The molecule has 0 atom stereocenters. The van der Waals surface area contributed by atoms with Crippen LogP contribution in [0.5, 0.6) is 34.5 Å². The molecule has 2 aliphatic heterocycles. The first-order chi connectivity index (χ1) is 17.5. The number of Topliss-reactive ketones (excluding diaryl/α,β-unsaturated/α-hetero) is 1. The van der Waals surface area contributed by atoms with Crippen LogP contribution >= 0.6 is 15.9 Å². The topological polar surface area (TPSA) is 81.7 Å². The molecule has 8 nitrogen and oxygen atoms in total. The van der Waals surface area contributed by atoms with Crippen molar-refractivity contribution in [2.45, 2.75) is 13.2 Å². The number of halogens is 1. The summed E-state index contributed by atoms with van der Waals surface area (Å²) in [6, 6.07) is 12.6. The van der Waals surface area contributed by atoms with Crippen molar-refractivity contribution in [3.63, 3.8) is 0 Å². The Morgan fingerprint density at radius 1 is 1.00 bits per heavy atom. The first-order valence-corrected chi connectivity index (χ1v) is 11.8. The standard InChI is InChI=1S/C27H23BrO8/c1-30-23-7-15(8-24(31-2)27(23)32-3)6-22-25(29)20-5-4-19(11-21(20)36-22)34-13-17-10-18(28)9-16-12-33-14-35-26(16)17/h4-11H,12-14H2,1-3H3/b22-6-. The van der Waals surface area contributed by atoms with Gasteiger partial charge < -0.3 is 33.2 Å². The van der Waals surface area contributed by atoms with E-state index >= 15 is 0 Å². The zero-order valence-corrected chi connectivity index (χ0v) is 21.5. The quantitative estimate of drug-likeness (QED) is 0.352. The predicted octanol–water partition coefficient (Wildman–Crippen LogP) is 5.54. The minimum absolute atomic E-state index is 0.186. The molecular formula is C27H23BrO8. The molecule has 0 unspecified atom stereocenters. The van der Waals surface area contributed by atoms with Crippen molar-refractivity contribution in [2.24, 2.45) is 0 Å². The molecule has 0 saturated heterocycles. The Hall–Kier alpha value is -3.69. The van der Waals surface area contributed by atoms with Gasteiger partial charge in [-0.1, -0.05) is 15.9 Å². The zero-order chi connectivity index (χ0) is 25.2. The maximum Gasteiger partial charge on any atom is 0.231 e. The SMILES string of the molecule is COc1cc(/C=C2\Oc3cc(OCc4cc(Br)cc5c4OCOC5)ccc3C2=O)cc(OC)c1OC. The summed E-state index contributed by atoms with van der Waals surface area (Å²) in [7, 11) is 4.60. The number of fused-ring (bicyclic) bond motifs is 2. The van der Waals surface area contributed by atoms with Gasteiger partial charge in [-0.25, -0.2) is 0 Å². The smallest absolute Gasteiger partial charge is 0.231 e. The molecule has 0 aliphatic carbocycles. The van der Waals surface area contributed by atoms with Gasteiger partial charge in [0.25, 0.3) is 0 Å². The number of ketones is 1. The fourth-order valence-corrected chi connectivity index (χ4v) is 4.67. The van der Waals surface area contributed by atoms with Crippen LogP contribution in [0.1, 0.15) is 27.0 Å². The lowest BCUT2D eigenvalue weighted by atomic mass is 10.1. The second-order valence-electron chi connectivity index (χ2n) is 8.01. The largest absolute Gasteiger partial charge is 0.493 e. The average molecular weight is 555 g/mol. The molecule has 186 valence electrons. The van der Waals surface area contributed by atoms with Gasteiger partial charge in [-0.15, -0.1) is 0 Å². The number of allylic oxidation sites excluding steroid dienone is 1. The Morgan fingerprint density at radius 3 is 2.50 bits per heavy atom. The maximum atomic E-state index is 13.0. The van der Waals surface area contributed by atoms with E-state index in [0.717, 1.165) is 21.3 Å². The van der Waals surface area contributed by atoms with E-state index in [2.05, 4.69) is 15.9 Å². The summed E-state index contributed by atoms with van der Waals surface area (Å²) in [4.78, 5) is 13.0. The van der Waals surface area contributed by atoms with Crippen LogP contribution in [-0.4, -0.2) is 33.9 Å². The van der Waals surface area contributed by atoms with Gasteiger partial charge in [0.1, 0.15) is 23.9 Å². The Balaban J connectivity index is 1.36. The molecule has 2 aliphatic rings. The molecule has 36 heavy (non-hydrogen) atoms. The number of carbonyl (C=O) groups is 1. The summed E-state index contributed by atoms with van der Waals surface area (Å²) < 4.78 is 40.0. The number of hydrogen-bond donors (Lipinski definition) is 0. The lowest BCUT2D eigenvalue weighted by molar-refractivity contribution is -0.0176. The lowest BCUT2D eigenvalue weighted by Crippen LogP contribution is -2.14. The van der Waals surface area contributed by atoms with Gasteiger partial charge in [0, 0.05) is 21.7 Å². The summed E-state index contributed by atoms with van der Waals surface area (Å²) in [5.74, 6) is 3.16. The predicted molar refractivity (Wildman–Crippen MR) is 134 cm³/mol. The number of hydrogen-bond acceptors (Lipinski definition) is 8. The van der Waals surface area contributed by atoms with E-state index in [-0.39, 0.29) is 24.9 Å². The molecule has 0 amide bonds. The molecule has 0 radical (unpaired) electrons. The van der Waals surface area contributed by atoms with Crippen molar-refractivity contribution in [2.75, 3.05) is 28.1 Å². The summed E-state index contributed by atoms with van der Waals surface area (Å²) in [5.41, 5.74) is 2.98. The van der Waals surface area contributed by atoms with E-state index in [4.69, 9.17) is 33.2 Å². The number of benzene rings is 3. The monoisotopic (exact) mass is 554 g/mol. The third-order valence-electron chi connectivity index (χ3n) is 5.77. The van der Waals surface area contributed by atoms with Gasteiger partial charge in [0.05, 0.1) is 33.5 Å². The van der Waals surface area contributed by atoms with E-state index in [1.165, 1.54) is 21.3 Å². The highest BCUT2D eigenvalue weighted by atomic mass is 79.9. The first kappa shape index (κ1) is 24.0. The Morgan fingerprint density at radius 2 is 1.78 bits per heavy atom. The fraction of sp³-hybridized carbons (Fsp3) is 0.222. The third kappa shape index (κ3) is 4.59. The maximum absolute atomic E-state index is 13.0. The van der Waals surface area contributed by atoms with Gasteiger partial charge in [-0.2, -0.15) is 0 Å². The van der Waals surface area contributed by atoms with Crippen molar-refractivity contribution < 1.29 is 38.0 Å². The fourth-order valence-electron chi connectivity index (χ4n) is 4.12. The summed E-state index contributed by atoms with van der Waals surface area (Å²) >= 11 is 3.52. The highest BCUT2D eigenvalue weighted by Gasteiger charge is 2.28. The van der Waals surface area contributed by atoms with Gasteiger partial charge in [-0.05, 0) is 48.0 Å². The molecule has 0 aromatic heterocycles. The Kier molecular flexibility index (Phi) is 6.75. The Labute approximate surface area is 216 Å². The minimum atomic E-state index is -0.222. The van der Waals surface area contributed by atoms with Crippen LogP contribution in [0.3, 0.4) is 0 Å². The van der Waals surface area contributed by atoms with Crippen LogP contribution in [-0.2, 0) is 18.0 Å². The molecule has 0 spiro atoms. The van der Waals surface area contributed by atoms with Crippen LogP contribution in [0.15, 0.2) is 52.7 Å². The van der Waals surface area contributed by atoms with Crippen LogP contribution in [0.2, 0.25) is 0 Å². The van der Waals surface area contributed by atoms with E-state index in [1.807, 2.05) is 12.1 Å². The van der Waals surface area contributed by atoms with Crippen LogP contribution in [0.4, 0.5) is 0 Å². The van der Waals surface area contributed by atoms with Crippen LogP contribution in [0.25, 0.3) is 6.08 Å². The average Bonchev–Trinajstić information content (AvgIpc) is 3.20. The van der Waals surface area contributed by atoms with E-state index in [9.17, 15) is 4.79 Å². The number of carbonyl (C=O) groups excluding carboxylic acids is 1. The molecule has 3 aromatic rings. The third-order valence-corrected chi connectivity index (χ3v) is 6.23. The number of methoxy groups -OCH3 is 3. The van der Waals surface area contributed by atoms with Gasteiger partial charge >= 0.3 is 0 Å². The minimum Gasteiger partial charge on any atom is -0.493 e. The molecule has 0 bridgehead atoms. The normalized spacial score (nSPS) is 15.0. The van der Waals surface area contributed by atoms with Crippen molar-refractivity contribution in [1.29, 1.82) is 0 Å². The summed E-state index contributed by atoms with van der Waals surface area (Å²) in [5, 5.41) is 0. The molecule has 5 rings (SSSR count). The highest BCUT2D eigenvalue weighted by molar-refractivity contribution is 9.10. The first-order valence-electron chi connectivity index (χ1n) is 11.0. The molecule has 0 fully saturated rings. The summed E-state index contributed by atoms with van der Waals surface area (Å²) in [6.07, 6.45) is 1.64. The molecule has 0 N–H and O–H groups in total. The highest BCUT2D eigenvalue weighted by Crippen LogP contribution is 2.40. The van der Waals surface area contributed by atoms with E-state index in [0.29, 0.717) is 46.5 Å². The second-order valence-corrected chi connectivity index (χ2v) is 8.92. The van der Waals surface area contributed by atoms with Crippen molar-refractivity contribution in [3.05, 3.63) is 75.0 Å². The molecule has 2 heterocycles. The van der Waals surface area contributed by atoms with Crippen LogP contribution < -0.4 is 28.4 Å². The van der Waals surface area contributed by atoms with E-state index < -0.39 is 0 Å². The van der Waals surface area contributed by atoms with Crippen molar-refractivity contribution in [3.8, 4) is 34.5 Å². The van der Waals surface area contributed by atoms with Gasteiger partial charge in [0.15, 0.2) is 24.1 Å². The van der Waals surface area contributed by atoms with Gasteiger partial charge in [0.2, 0.25) is 11.5 Å². The van der Waals surface area contributed by atoms with Gasteiger partial charge in [-0.3, -0.25) is 4.79 Å². The van der Waals surface area contributed by atoms with Crippen molar-refractivity contribution in [1.82, 2.24) is 0 Å². The summed E-state index contributed by atoms with van der Waals surface area (Å²) in [6.45, 7) is 0.970. The molecule has 0 saturated carbocycles. The lowest BCUT2D eigenvalue weighted by Gasteiger charge is -2.21. The zero-order valence-electron chi connectivity index (χ0n) is 19.9. The number of rotatable bonds is 7. The van der Waals surface area contributed by atoms with Crippen molar-refractivity contribution >= 4 is 27.8 Å².